The average Bonchev–Trinajstić information content (AvgIpc) is 1.98. The summed E-state index contributed by atoms with van der Waals surface area (Å²) in [4.78, 5) is 1.61. The molecule has 1 aromatic carbocycles. The average molecular weight is 202 g/mol. The van der Waals surface area contributed by atoms with Crippen molar-refractivity contribution in [2.24, 2.45) is 0 Å². The van der Waals surface area contributed by atoms with E-state index in [0.29, 0.717) is 0 Å². The van der Waals surface area contributed by atoms with Crippen molar-refractivity contribution in [3.05, 3.63) is 6.07 Å². The number of benzene rings is 1. The fraction of sp³-hybridized carbons (Fsp3) is 0.333. The highest BCUT2D eigenvalue weighted by Gasteiger charge is 2.15. The molecule has 0 saturated heterocycles. The van der Waals surface area contributed by atoms with Gasteiger partial charge < -0.3 is 0 Å². The zero-order chi connectivity index (χ0) is 11.1. The summed E-state index contributed by atoms with van der Waals surface area (Å²) in [6, 6.07) is 2.30. The van der Waals surface area contributed by atoms with E-state index in [1.807, 2.05) is 0 Å². The Kier molecular flexibility index (Phi) is 3.20. The monoisotopic (exact) mass is 202 g/mol. The Morgan fingerprint density at radius 3 is 1.50 bits per heavy atom. The Balaban J connectivity index is 3.56. The first-order chi connectivity index (χ1) is 6.25. The zero-order valence-electron chi connectivity index (χ0n) is 10.5. The van der Waals surface area contributed by atoms with E-state index in [1.165, 1.54) is 21.9 Å². The van der Waals surface area contributed by atoms with Crippen LogP contribution in [0.3, 0.4) is 0 Å². The third-order valence-corrected chi connectivity index (χ3v) is 4.75. The van der Waals surface area contributed by atoms with Crippen LogP contribution in [0.25, 0.3) is 0 Å². The molecule has 0 amide bonds. The van der Waals surface area contributed by atoms with Crippen LogP contribution in [0.5, 0.6) is 0 Å². The van der Waals surface area contributed by atoms with Crippen molar-refractivity contribution in [3.8, 4) is 0 Å². The fourth-order valence-electron chi connectivity index (χ4n) is 2.10. The van der Waals surface area contributed by atoms with Crippen LogP contribution in [-0.4, -0.2) is 50.2 Å². The molecular formula is C9H18B4S. The lowest BCUT2D eigenvalue weighted by Gasteiger charge is -2.32. The molecular weight excluding hydrogens is 183 g/mol. The Morgan fingerprint density at radius 1 is 0.857 bits per heavy atom. The number of rotatable bonds is 1. The van der Waals surface area contributed by atoms with Crippen molar-refractivity contribution < 1.29 is 0 Å². The highest BCUT2D eigenvalue weighted by atomic mass is 32.3. The molecule has 5 heteroatoms. The van der Waals surface area contributed by atoms with E-state index in [9.17, 15) is 0 Å². The maximum absolute atomic E-state index is 2.38. The molecule has 0 heterocycles. The normalized spacial score (nSPS) is 12.8. The molecule has 0 aliphatic carbocycles. The van der Waals surface area contributed by atoms with Gasteiger partial charge in [-0.1, -0.05) is 27.9 Å². The van der Waals surface area contributed by atoms with Crippen LogP contribution in [0.2, 0.25) is 0 Å². The van der Waals surface area contributed by atoms with Gasteiger partial charge in [0.2, 0.25) is 0 Å². The van der Waals surface area contributed by atoms with E-state index < -0.39 is 10.0 Å². The second-order valence-electron chi connectivity index (χ2n) is 4.93. The van der Waals surface area contributed by atoms with Gasteiger partial charge in [0.05, 0.1) is 0 Å². The van der Waals surface area contributed by atoms with Gasteiger partial charge in [-0.3, -0.25) is 0 Å². The molecule has 0 radical (unpaired) electrons. The molecule has 0 saturated carbocycles. The highest BCUT2D eigenvalue weighted by molar-refractivity contribution is 8.32. The molecule has 0 spiro atoms. The van der Waals surface area contributed by atoms with Gasteiger partial charge in [0.1, 0.15) is 31.4 Å². The molecule has 1 aromatic rings. The number of hydrogen-bond donors (Lipinski definition) is 0. The van der Waals surface area contributed by atoms with Gasteiger partial charge in [-0.15, -0.1) is 0 Å². The van der Waals surface area contributed by atoms with E-state index in [-0.39, 0.29) is 0 Å². The summed E-state index contributed by atoms with van der Waals surface area (Å²) in [7, 11) is 8.35. The predicted molar refractivity (Wildman–Crippen MR) is 82.8 cm³/mol. The smallest absolute Gasteiger partial charge is 0.139 e. The van der Waals surface area contributed by atoms with Crippen LogP contribution in [0, 0.1) is 0 Å². The Morgan fingerprint density at radius 2 is 1.21 bits per heavy atom. The maximum Gasteiger partial charge on any atom is 0.139 e. The first-order valence-corrected chi connectivity index (χ1v) is 7.86. The molecule has 0 unspecified atom stereocenters. The maximum atomic E-state index is 2.38. The van der Waals surface area contributed by atoms with Crippen LogP contribution in [0.15, 0.2) is 11.0 Å². The summed E-state index contributed by atoms with van der Waals surface area (Å²) >= 11 is 0. The molecule has 0 N–H and O–H groups in total. The van der Waals surface area contributed by atoms with Crippen molar-refractivity contribution >= 4 is 63.3 Å². The minimum absolute atomic E-state index is 0.609. The topological polar surface area (TPSA) is 0 Å². The van der Waals surface area contributed by atoms with Crippen molar-refractivity contribution in [1.29, 1.82) is 0 Å². The van der Waals surface area contributed by atoms with Crippen molar-refractivity contribution in [3.63, 3.8) is 0 Å². The fourth-order valence-corrected chi connectivity index (χ4v) is 4.26. The van der Waals surface area contributed by atoms with Gasteiger partial charge in [0.15, 0.2) is 0 Å². The molecule has 0 fully saturated rings. The molecule has 0 bridgehead atoms. The summed E-state index contributed by atoms with van der Waals surface area (Å²) in [5.74, 6) is 0. The summed E-state index contributed by atoms with van der Waals surface area (Å²) < 4.78 is 0. The Bertz CT molecular complexity index is 342. The first-order valence-electron chi connectivity index (χ1n) is 5.01. The van der Waals surface area contributed by atoms with E-state index in [0.717, 1.165) is 0 Å². The Hall–Kier alpha value is -0.170. The number of hydrogen-bond acceptors (Lipinski definition) is 0. The van der Waals surface area contributed by atoms with Crippen LogP contribution in [0.4, 0.5) is 0 Å². The zero-order valence-corrected chi connectivity index (χ0v) is 11.3. The van der Waals surface area contributed by atoms with Crippen LogP contribution < -0.4 is 21.9 Å². The minimum Gasteiger partial charge on any atom is -0.224 e. The van der Waals surface area contributed by atoms with Crippen LogP contribution in [0.1, 0.15) is 0 Å². The molecule has 72 valence electrons. The van der Waals surface area contributed by atoms with Crippen molar-refractivity contribution in [2.75, 3.05) is 18.8 Å². The van der Waals surface area contributed by atoms with E-state index in [2.05, 4.69) is 56.2 Å². The molecule has 0 aliphatic heterocycles. The molecule has 0 atom stereocenters. The predicted octanol–water partition coefficient (Wildman–Crippen LogP) is -4.23. The minimum atomic E-state index is -0.609. The van der Waals surface area contributed by atoms with E-state index in [1.54, 1.807) is 4.90 Å². The van der Waals surface area contributed by atoms with Crippen molar-refractivity contribution in [2.45, 2.75) is 4.90 Å². The molecule has 0 nitrogen and oxygen atoms in total. The summed E-state index contributed by atoms with van der Waals surface area (Å²) in [5, 5.41) is 0. The molecule has 0 aromatic heterocycles. The second kappa shape index (κ2) is 3.77. The summed E-state index contributed by atoms with van der Waals surface area (Å²) in [5.41, 5.74) is 5.86. The highest BCUT2D eigenvalue weighted by Crippen LogP contribution is 2.41. The van der Waals surface area contributed by atoms with Crippen molar-refractivity contribution in [1.82, 2.24) is 0 Å². The van der Waals surface area contributed by atoms with Gasteiger partial charge in [0, 0.05) is 0 Å². The van der Waals surface area contributed by atoms with Gasteiger partial charge in [-0.05, 0) is 23.7 Å². The third kappa shape index (κ3) is 2.08. The lowest BCUT2D eigenvalue weighted by atomic mass is 9.71. The largest absolute Gasteiger partial charge is 0.224 e. The first kappa shape index (κ1) is 11.9. The van der Waals surface area contributed by atoms with E-state index >= 15 is 0 Å². The summed E-state index contributed by atoms with van der Waals surface area (Å²) in [6.07, 6.45) is 7.13. The SMILES string of the molecule is Bc1cc(B)c(B)c(S(C)(C)C)c1B. The van der Waals surface area contributed by atoms with Crippen LogP contribution >= 0.6 is 10.0 Å². The molecule has 14 heavy (non-hydrogen) atoms. The van der Waals surface area contributed by atoms with Gasteiger partial charge in [0.25, 0.3) is 0 Å². The third-order valence-electron chi connectivity index (χ3n) is 2.91. The summed E-state index contributed by atoms with van der Waals surface area (Å²) in [6.45, 7) is 0. The molecule has 1 rings (SSSR count). The second-order valence-corrected chi connectivity index (χ2v) is 9.01. The lowest BCUT2D eigenvalue weighted by molar-refractivity contribution is 1.61. The lowest BCUT2D eigenvalue weighted by Crippen LogP contribution is -2.43. The molecule has 0 aliphatic rings. The Labute approximate surface area is 93.2 Å². The van der Waals surface area contributed by atoms with Gasteiger partial charge in [-0.25, -0.2) is 10.0 Å². The van der Waals surface area contributed by atoms with Gasteiger partial charge >= 0.3 is 0 Å². The van der Waals surface area contributed by atoms with E-state index in [4.69, 9.17) is 0 Å². The van der Waals surface area contributed by atoms with Gasteiger partial charge in [-0.2, -0.15) is 0 Å². The quantitative estimate of drug-likeness (QED) is 0.404. The standard InChI is InChI=1S/C9H18B4S/c1-14(2,3)9-7(12)5(10)4-6(11)8(9)13/h4H,10-13H2,1-3H3. The van der Waals surface area contributed by atoms with Crippen LogP contribution in [-0.2, 0) is 0 Å².